The number of piperazine rings is 1. The first-order valence-corrected chi connectivity index (χ1v) is 8.89. The number of aryl methyl sites for hydroxylation is 2. The monoisotopic (exact) mass is 338 g/mol. The molecule has 25 heavy (non-hydrogen) atoms. The number of anilines is 2. The minimum absolute atomic E-state index is 0.0226. The number of rotatable bonds is 4. The second kappa shape index (κ2) is 7.66. The minimum Gasteiger partial charge on any atom is -0.354 e. The SMILES string of the molecule is CCN1CCN(C(=O)c2ccc(Nc3c(C)cccc3C)cn2)CC1. The van der Waals surface area contributed by atoms with Crippen LogP contribution in [0.5, 0.6) is 0 Å². The van der Waals surface area contributed by atoms with Crippen molar-refractivity contribution in [1.82, 2.24) is 14.8 Å². The Hall–Kier alpha value is -2.40. The smallest absolute Gasteiger partial charge is 0.272 e. The molecule has 2 heterocycles. The number of carbonyl (C=O) groups excluding carboxylic acids is 1. The molecule has 0 spiro atoms. The summed E-state index contributed by atoms with van der Waals surface area (Å²) in [5.74, 6) is 0.0226. The van der Waals surface area contributed by atoms with Gasteiger partial charge in [0, 0.05) is 31.9 Å². The third kappa shape index (κ3) is 3.99. The van der Waals surface area contributed by atoms with Crippen molar-refractivity contribution in [2.45, 2.75) is 20.8 Å². The summed E-state index contributed by atoms with van der Waals surface area (Å²) in [7, 11) is 0. The fourth-order valence-corrected chi connectivity index (χ4v) is 3.18. The van der Waals surface area contributed by atoms with Crippen molar-refractivity contribution in [3.8, 4) is 0 Å². The maximum Gasteiger partial charge on any atom is 0.272 e. The van der Waals surface area contributed by atoms with Gasteiger partial charge in [0.2, 0.25) is 0 Å². The van der Waals surface area contributed by atoms with Crippen LogP contribution in [0.25, 0.3) is 0 Å². The van der Waals surface area contributed by atoms with Gasteiger partial charge in [-0.05, 0) is 43.7 Å². The quantitative estimate of drug-likeness (QED) is 0.930. The summed E-state index contributed by atoms with van der Waals surface area (Å²) in [6.45, 7) is 10.8. The first-order valence-electron chi connectivity index (χ1n) is 8.89. The third-order valence-electron chi connectivity index (χ3n) is 4.84. The second-order valence-corrected chi connectivity index (χ2v) is 6.55. The van der Waals surface area contributed by atoms with Crippen molar-refractivity contribution in [1.29, 1.82) is 0 Å². The van der Waals surface area contributed by atoms with Gasteiger partial charge in [0.25, 0.3) is 5.91 Å². The van der Waals surface area contributed by atoms with Gasteiger partial charge in [-0.2, -0.15) is 0 Å². The number of benzene rings is 1. The van der Waals surface area contributed by atoms with E-state index in [2.05, 4.69) is 48.1 Å². The Labute approximate surface area is 149 Å². The second-order valence-electron chi connectivity index (χ2n) is 6.55. The molecule has 1 saturated heterocycles. The number of likely N-dealkylation sites (N-methyl/N-ethyl adjacent to an activating group) is 1. The van der Waals surface area contributed by atoms with Gasteiger partial charge in [0.15, 0.2) is 0 Å². The van der Waals surface area contributed by atoms with E-state index in [1.807, 2.05) is 23.1 Å². The van der Waals surface area contributed by atoms with Crippen LogP contribution < -0.4 is 5.32 Å². The molecule has 5 heteroatoms. The Kier molecular flexibility index (Phi) is 5.34. The van der Waals surface area contributed by atoms with E-state index in [-0.39, 0.29) is 5.91 Å². The molecule has 132 valence electrons. The third-order valence-corrected chi connectivity index (χ3v) is 4.84. The van der Waals surface area contributed by atoms with Gasteiger partial charge in [0.05, 0.1) is 11.9 Å². The molecular weight excluding hydrogens is 312 g/mol. The summed E-state index contributed by atoms with van der Waals surface area (Å²) < 4.78 is 0. The minimum atomic E-state index is 0.0226. The highest BCUT2D eigenvalue weighted by Crippen LogP contribution is 2.24. The fourth-order valence-electron chi connectivity index (χ4n) is 3.18. The Bertz CT molecular complexity index is 714. The molecule has 1 amide bonds. The maximum absolute atomic E-state index is 12.6. The number of aromatic nitrogens is 1. The highest BCUT2D eigenvalue weighted by atomic mass is 16.2. The largest absolute Gasteiger partial charge is 0.354 e. The molecule has 5 nitrogen and oxygen atoms in total. The molecule has 1 aliphatic rings. The number of para-hydroxylation sites is 1. The topological polar surface area (TPSA) is 48.5 Å². The molecule has 3 rings (SSSR count). The van der Waals surface area contributed by atoms with Crippen LogP contribution in [0.2, 0.25) is 0 Å². The lowest BCUT2D eigenvalue weighted by molar-refractivity contribution is 0.0637. The molecule has 0 radical (unpaired) electrons. The summed E-state index contributed by atoms with van der Waals surface area (Å²) in [6, 6.07) is 9.94. The molecule has 1 fully saturated rings. The Balaban J connectivity index is 1.67. The maximum atomic E-state index is 12.6. The molecule has 1 aliphatic heterocycles. The number of hydrogen-bond donors (Lipinski definition) is 1. The molecule has 1 N–H and O–H groups in total. The molecule has 0 atom stereocenters. The number of nitrogens with one attached hydrogen (secondary N) is 1. The van der Waals surface area contributed by atoms with Crippen LogP contribution in [-0.2, 0) is 0 Å². The Morgan fingerprint density at radius 1 is 1.08 bits per heavy atom. The first-order chi connectivity index (χ1) is 12.1. The van der Waals surface area contributed by atoms with Gasteiger partial charge < -0.3 is 15.1 Å². The van der Waals surface area contributed by atoms with Gasteiger partial charge in [-0.3, -0.25) is 4.79 Å². The van der Waals surface area contributed by atoms with E-state index in [4.69, 9.17) is 0 Å². The van der Waals surface area contributed by atoms with Crippen LogP contribution in [0.1, 0.15) is 28.5 Å². The van der Waals surface area contributed by atoms with Crippen LogP contribution in [-0.4, -0.2) is 53.4 Å². The van der Waals surface area contributed by atoms with Gasteiger partial charge in [-0.1, -0.05) is 25.1 Å². The van der Waals surface area contributed by atoms with Crippen LogP contribution >= 0.6 is 0 Å². The van der Waals surface area contributed by atoms with E-state index in [9.17, 15) is 4.79 Å². The van der Waals surface area contributed by atoms with Crippen molar-refractivity contribution in [3.05, 3.63) is 53.3 Å². The van der Waals surface area contributed by atoms with E-state index in [1.54, 1.807) is 6.20 Å². The lowest BCUT2D eigenvalue weighted by Crippen LogP contribution is -2.48. The predicted molar refractivity (Wildman–Crippen MR) is 101 cm³/mol. The standard InChI is InChI=1S/C20H26N4O/c1-4-23-10-12-24(13-11-23)20(25)18-9-8-17(14-21-18)22-19-15(2)6-5-7-16(19)3/h5-9,14,22H,4,10-13H2,1-3H3. The first kappa shape index (κ1) is 17.4. The van der Waals surface area contributed by atoms with Crippen molar-refractivity contribution in [2.75, 3.05) is 38.0 Å². The zero-order valence-corrected chi connectivity index (χ0v) is 15.2. The van der Waals surface area contributed by atoms with E-state index < -0.39 is 0 Å². The Morgan fingerprint density at radius 3 is 2.32 bits per heavy atom. The van der Waals surface area contributed by atoms with Crippen molar-refractivity contribution in [3.63, 3.8) is 0 Å². The number of carbonyl (C=O) groups is 1. The number of nitrogens with zero attached hydrogens (tertiary/aromatic N) is 3. The summed E-state index contributed by atoms with van der Waals surface area (Å²) >= 11 is 0. The summed E-state index contributed by atoms with van der Waals surface area (Å²) in [5.41, 5.74) is 4.88. The van der Waals surface area contributed by atoms with Gasteiger partial charge in [-0.25, -0.2) is 4.98 Å². The molecule has 0 unspecified atom stereocenters. The molecule has 0 saturated carbocycles. The van der Waals surface area contributed by atoms with Crippen LogP contribution in [0, 0.1) is 13.8 Å². The average molecular weight is 338 g/mol. The van der Waals surface area contributed by atoms with E-state index in [1.165, 1.54) is 11.1 Å². The van der Waals surface area contributed by atoms with Gasteiger partial charge in [0.1, 0.15) is 5.69 Å². The van der Waals surface area contributed by atoms with Crippen LogP contribution in [0.3, 0.4) is 0 Å². The molecule has 1 aromatic carbocycles. The van der Waals surface area contributed by atoms with Gasteiger partial charge in [-0.15, -0.1) is 0 Å². The molecular formula is C20H26N4O. The van der Waals surface area contributed by atoms with Crippen LogP contribution in [0.4, 0.5) is 11.4 Å². The number of pyridine rings is 1. The average Bonchev–Trinajstić information content (AvgIpc) is 2.65. The summed E-state index contributed by atoms with van der Waals surface area (Å²) in [4.78, 5) is 21.2. The number of hydrogen-bond acceptors (Lipinski definition) is 4. The molecule has 0 aliphatic carbocycles. The van der Waals surface area contributed by atoms with Crippen LogP contribution in [0.15, 0.2) is 36.5 Å². The van der Waals surface area contributed by atoms with Crippen molar-refractivity contribution in [2.24, 2.45) is 0 Å². The Morgan fingerprint density at radius 2 is 1.76 bits per heavy atom. The van der Waals surface area contributed by atoms with Crippen molar-refractivity contribution >= 4 is 17.3 Å². The highest BCUT2D eigenvalue weighted by Gasteiger charge is 2.22. The highest BCUT2D eigenvalue weighted by molar-refractivity contribution is 5.92. The zero-order chi connectivity index (χ0) is 17.8. The van der Waals surface area contributed by atoms with E-state index in [0.29, 0.717) is 5.69 Å². The summed E-state index contributed by atoms with van der Waals surface area (Å²) in [5, 5.41) is 3.41. The lowest BCUT2D eigenvalue weighted by atomic mass is 10.1. The predicted octanol–water partition coefficient (Wildman–Crippen LogP) is 3.22. The fraction of sp³-hybridized carbons (Fsp3) is 0.400. The lowest BCUT2D eigenvalue weighted by Gasteiger charge is -2.33. The van der Waals surface area contributed by atoms with E-state index >= 15 is 0 Å². The normalized spacial score (nSPS) is 15.2. The zero-order valence-electron chi connectivity index (χ0n) is 15.2. The molecule has 1 aromatic heterocycles. The van der Waals surface area contributed by atoms with E-state index in [0.717, 1.165) is 44.1 Å². The van der Waals surface area contributed by atoms with Crippen molar-refractivity contribution < 1.29 is 4.79 Å². The number of amides is 1. The van der Waals surface area contributed by atoms with Gasteiger partial charge >= 0.3 is 0 Å². The molecule has 2 aromatic rings. The summed E-state index contributed by atoms with van der Waals surface area (Å²) in [6.07, 6.45) is 1.74. The molecule has 0 bridgehead atoms.